The van der Waals surface area contributed by atoms with E-state index in [1.54, 1.807) is 0 Å². The molecule has 1 N–H and O–H groups in total. The highest BCUT2D eigenvalue weighted by atomic mass is 16.1. The Balaban J connectivity index is 2.32. The molecule has 98 valence electrons. The maximum absolute atomic E-state index is 12.0. The molecule has 19 heavy (non-hydrogen) atoms. The summed E-state index contributed by atoms with van der Waals surface area (Å²) < 4.78 is 0. The average Bonchev–Trinajstić information content (AvgIpc) is 2.92. The number of H-pyrrole nitrogens is 1. The van der Waals surface area contributed by atoms with Gasteiger partial charge in [0, 0.05) is 16.0 Å². The van der Waals surface area contributed by atoms with Crippen LogP contribution >= 0.6 is 0 Å². The Kier molecular flexibility index (Phi) is 3.02. The van der Waals surface area contributed by atoms with Gasteiger partial charge in [-0.2, -0.15) is 0 Å². The zero-order valence-electron chi connectivity index (χ0n) is 11.3. The molecule has 1 saturated carbocycles. The lowest BCUT2D eigenvalue weighted by Gasteiger charge is -2.10. The van der Waals surface area contributed by atoms with E-state index in [-0.39, 0.29) is 5.56 Å². The third-order valence-electron chi connectivity index (χ3n) is 4.28. The first kappa shape index (κ1) is 12.2. The molecule has 1 fully saturated rings. The summed E-state index contributed by atoms with van der Waals surface area (Å²) in [5.41, 5.74) is 1.33. The van der Waals surface area contributed by atoms with Gasteiger partial charge < -0.3 is 4.98 Å². The molecule has 1 aromatic carbocycles. The zero-order valence-corrected chi connectivity index (χ0v) is 11.3. The van der Waals surface area contributed by atoms with Gasteiger partial charge in [0.1, 0.15) is 0 Å². The summed E-state index contributed by atoms with van der Waals surface area (Å²) in [6, 6.07) is 6.29. The predicted molar refractivity (Wildman–Crippen MR) is 80.7 cm³/mol. The Morgan fingerprint density at radius 3 is 2.68 bits per heavy atom. The highest BCUT2D eigenvalue weighted by Crippen LogP contribution is 2.34. The number of aromatic nitrogens is 1. The summed E-state index contributed by atoms with van der Waals surface area (Å²) in [5.74, 6) is 0.668. The Labute approximate surface area is 112 Å². The van der Waals surface area contributed by atoms with Crippen LogP contribution in [0.3, 0.4) is 0 Å². The third-order valence-corrected chi connectivity index (χ3v) is 4.28. The molecule has 3 rings (SSSR count). The third kappa shape index (κ3) is 2.01. The molecule has 0 radical (unpaired) electrons. The second-order valence-electron chi connectivity index (χ2n) is 5.42. The van der Waals surface area contributed by atoms with Gasteiger partial charge in [0.15, 0.2) is 0 Å². The van der Waals surface area contributed by atoms with Crippen LogP contribution in [0.2, 0.25) is 0 Å². The molecule has 2 aromatic rings. The lowest BCUT2D eigenvalue weighted by molar-refractivity contribution is 0.724. The summed E-state index contributed by atoms with van der Waals surface area (Å²) >= 11 is 0. The highest BCUT2D eigenvalue weighted by Gasteiger charge is 2.17. The van der Waals surface area contributed by atoms with Crippen molar-refractivity contribution in [3.63, 3.8) is 0 Å². The smallest absolute Gasteiger partial charge is 0.256 e. The lowest BCUT2D eigenvalue weighted by Crippen LogP contribution is -2.33. The molecular formula is C17H19NO. The fourth-order valence-electron chi connectivity index (χ4n) is 3.26. The molecular weight excluding hydrogens is 234 g/mol. The van der Waals surface area contributed by atoms with Crippen LogP contribution < -0.4 is 16.1 Å². The number of fused-ring (bicyclic) bond motifs is 1. The van der Waals surface area contributed by atoms with Gasteiger partial charge >= 0.3 is 0 Å². The molecule has 0 bridgehead atoms. The van der Waals surface area contributed by atoms with Gasteiger partial charge in [0.25, 0.3) is 5.56 Å². The normalized spacial score (nSPS) is 17.4. The minimum atomic E-state index is -0.0384. The Morgan fingerprint density at radius 1 is 1.26 bits per heavy atom. The first-order valence-electron chi connectivity index (χ1n) is 7.02. The van der Waals surface area contributed by atoms with Crippen molar-refractivity contribution in [2.75, 3.05) is 0 Å². The fourth-order valence-corrected chi connectivity index (χ4v) is 3.26. The number of nitrogens with one attached hydrogen (secondary N) is 1. The standard InChI is InChI=1S/C17H19NO/c1-3-14-11(2)18-17(19)15-9-8-13(10-16(14)15)12-6-4-5-7-12/h3,8-10,12H,2,4-7H2,1H3,(H,18,19)/b14-3-. The zero-order chi connectivity index (χ0) is 13.4. The van der Waals surface area contributed by atoms with Crippen molar-refractivity contribution in [2.24, 2.45) is 0 Å². The Hall–Kier alpha value is -1.83. The van der Waals surface area contributed by atoms with E-state index in [1.807, 2.05) is 19.1 Å². The number of hydrogen-bond acceptors (Lipinski definition) is 1. The van der Waals surface area contributed by atoms with Gasteiger partial charge in [-0.1, -0.05) is 37.6 Å². The molecule has 0 atom stereocenters. The Bertz CT molecular complexity index is 779. The van der Waals surface area contributed by atoms with Crippen molar-refractivity contribution in [2.45, 2.75) is 38.5 Å². The number of benzene rings is 1. The van der Waals surface area contributed by atoms with Gasteiger partial charge in [-0.3, -0.25) is 4.79 Å². The van der Waals surface area contributed by atoms with Gasteiger partial charge in [0.2, 0.25) is 0 Å². The molecule has 1 heterocycles. The SMILES string of the molecule is C=c1[nH]c(=O)c2ccc(C3CCCC3)cc2/c1=C\C. The summed E-state index contributed by atoms with van der Waals surface area (Å²) in [4.78, 5) is 14.8. The van der Waals surface area contributed by atoms with Crippen LogP contribution in [0.25, 0.3) is 23.4 Å². The van der Waals surface area contributed by atoms with E-state index in [0.717, 1.165) is 16.0 Å². The van der Waals surface area contributed by atoms with Crippen LogP contribution in [-0.4, -0.2) is 4.98 Å². The largest absolute Gasteiger partial charge is 0.322 e. The van der Waals surface area contributed by atoms with Crippen LogP contribution in [0, 0.1) is 0 Å². The van der Waals surface area contributed by atoms with Gasteiger partial charge in [-0.25, -0.2) is 0 Å². The molecule has 0 unspecified atom stereocenters. The van der Waals surface area contributed by atoms with Crippen LogP contribution in [0.1, 0.15) is 44.1 Å². The predicted octanol–water partition coefficient (Wildman–Crippen LogP) is 2.40. The van der Waals surface area contributed by atoms with Crippen LogP contribution in [0.15, 0.2) is 23.0 Å². The van der Waals surface area contributed by atoms with E-state index in [4.69, 9.17) is 0 Å². The van der Waals surface area contributed by atoms with Crippen LogP contribution in [-0.2, 0) is 0 Å². The van der Waals surface area contributed by atoms with E-state index >= 15 is 0 Å². The molecule has 0 spiro atoms. The quantitative estimate of drug-likeness (QED) is 0.831. The van der Waals surface area contributed by atoms with Crippen molar-refractivity contribution in [3.8, 4) is 0 Å². The van der Waals surface area contributed by atoms with Gasteiger partial charge in [-0.15, -0.1) is 0 Å². The molecule has 1 aliphatic carbocycles. The number of aromatic amines is 1. The number of hydrogen-bond donors (Lipinski definition) is 1. The summed E-state index contributed by atoms with van der Waals surface area (Å²) in [6.45, 7) is 5.93. The lowest BCUT2D eigenvalue weighted by atomic mass is 9.95. The van der Waals surface area contributed by atoms with Crippen LogP contribution in [0.4, 0.5) is 0 Å². The molecule has 0 amide bonds. The second-order valence-corrected chi connectivity index (χ2v) is 5.42. The maximum Gasteiger partial charge on any atom is 0.256 e. The molecule has 2 heteroatoms. The highest BCUT2D eigenvalue weighted by molar-refractivity contribution is 5.83. The summed E-state index contributed by atoms with van der Waals surface area (Å²) in [7, 11) is 0. The monoisotopic (exact) mass is 253 g/mol. The molecule has 0 aliphatic heterocycles. The van der Waals surface area contributed by atoms with E-state index < -0.39 is 0 Å². The van der Waals surface area contributed by atoms with Crippen molar-refractivity contribution >= 4 is 23.4 Å². The molecule has 0 saturated heterocycles. The number of pyridine rings is 1. The van der Waals surface area contributed by atoms with Gasteiger partial charge in [-0.05, 0) is 42.7 Å². The van der Waals surface area contributed by atoms with E-state index in [1.165, 1.54) is 31.2 Å². The summed E-state index contributed by atoms with van der Waals surface area (Å²) in [5, 5.41) is 3.57. The van der Waals surface area contributed by atoms with Crippen molar-refractivity contribution in [1.29, 1.82) is 0 Å². The van der Waals surface area contributed by atoms with E-state index in [9.17, 15) is 4.79 Å². The molecule has 1 aliphatic rings. The van der Waals surface area contributed by atoms with E-state index in [2.05, 4.69) is 23.7 Å². The van der Waals surface area contributed by atoms with Crippen LogP contribution in [0.5, 0.6) is 0 Å². The molecule has 1 aromatic heterocycles. The topological polar surface area (TPSA) is 32.9 Å². The minimum Gasteiger partial charge on any atom is -0.322 e. The maximum atomic E-state index is 12.0. The van der Waals surface area contributed by atoms with E-state index in [0.29, 0.717) is 11.3 Å². The first-order chi connectivity index (χ1) is 9.20. The second kappa shape index (κ2) is 4.69. The first-order valence-corrected chi connectivity index (χ1v) is 7.02. The molecule has 2 nitrogen and oxygen atoms in total. The van der Waals surface area contributed by atoms with Crippen molar-refractivity contribution in [1.82, 2.24) is 4.98 Å². The Morgan fingerprint density at radius 2 is 2.00 bits per heavy atom. The average molecular weight is 253 g/mol. The van der Waals surface area contributed by atoms with Gasteiger partial charge in [0.05, 0.1) is 0 Å². The van der Waals surface area contributed by atoms with Crippen molar-refractivity contribution < 1.29 is 0 Å². The fraction of sp³-hybridized carbons (Fsp3) is 0.353. The van der Waals surface area contributed by atoms with Crippen molar-refractivity contribution in [3.05, 3.63) is 44.7 Å². The number of rotatable bonds is 1. The minimum absolute atomic E-state index is 0.0384. The summed E-state index contributed by atoms with van der Waals surface area (Å²) in [6.07, 6.45) is 7.23.